The molecule has 2 fully saturated rings. The van der Waals surface area contributed by atoms with Crippen LogP contribution in [-0.2, 0) is 6.54 Å². The van der Waals surface area contributed by atoms with Crippen LogP contribution >= 0.6 is 0 Å². The van der Waals surface area contributed by atoms with Crippen molar-refractivity contribution in [2.45, 2.75) is 83.8 Å². The van der Waals surface area contributed by atoms with Crippen molar-refractivity contribution in [3.63, 3.8) is 0 Å². The standard InChI is InChI=1S/C18H31N3/c1-3-15-9-10-18(14(15)2)19-13-16-11-12-21(20-16)17-7-5-4-6-8-17/h11-12,14-15,17-19H,3-10,13H2,1-2H3. The second-order valence-electron chi connectivity index (χ2n) is 7.17. The Balaban J connectivity index is 1.51. The second-order valence-corrected chi connectivity index (χ2v) is 7.17. The summed E-state index contributed by atoms with van der Waals surface area (Å²) in [6, 6.07) is 3.55. The van der Waals surface area contributed by atoms with Gasteiger partial charge in [0.25, 0.3) is 0 Å². The van der Waals surface area contributed by atoms with Gasteiger partial charge >= 0.3 is 0 Å². The molecule has 2 saturated carbocycles. The Kier molecular flexibility index (Phi) is 4.99. The van der Waals surface area contributed by atoms with Crippen molar-refractivity contribution in [3.8, 4) is 0 Å². The third-order valence-corrected chi connectivity index (χ3v) is 5.91. The molecule has 0 radical (unpaired) electrons. The van der Waals surface area contributed by atoms with Crippen molar-refractivity contribution >= 4 is 0 Å². The van der Waals surface area contributed by atoms with E-state index in [0.717, 1.165) is 18.4 Å². The first kappa shape index (κ1) is 15.1. The van der Waals surface area contributed by atoms with Crippen LogP contribution in [0.2, 0.25) is 0 Å². The lowest BCUT2D eigenvalue weighted by Crippen LogP contribution is -2.32. The summed E-state index contributed by atoms with van der Waals surface area (Å²) in [6.07, 6.45) is 13.0. The van der Waals surface area contributed by atoms with E-state index in [4.69, 9.17) is 5.10 Å². The highest BCUT2D eigenvalue weighted by atomic mass is 15.3. The topological polar surface area (TPSA) is 29.9 Å². The van der Waals surface area contributed by atoms with Crippen molar-refractivity contribution in [1.82, 2.24) is 15.1 Å². The summed E-state index contributed by atoms with van der Waals surface area (Å²) in [5.74, 6) is 1.73. The molecule has 0 spiro atoms. The van der Waals surface area contributed by atoms with Gasteiger partial charge in [0.15, 0.2) is 0 Å². The maximum absolute atomic E-state index is 4.81. The lowest BCUT2D eigenvalue weighted by molar-refractivity contribution is 0.324. The van der Waals surface area contributed by atoms with Gasteiger partial charge in [-0.05, 0) is 43.6 Å². The van der Waals surface area contributed by atoms with E-state index in [-0.39, 0.29) is 0 Å². The number of hydrogen-bond acceptors (Lipinski definition) is 2. The van der Waals surface area contributed by atoms with Crippen LogP contribution in [-0.4, -0.2) is 15.8 Å². The third-order valence-electron chi connectivity index (χ3n) is 5.91. The van der Waals surface area contributed by atoms with E-state index < -0.39 is 0 Å². The van der Waals surface area contributed by atoms with Crippen LogP contribution in [0.5, 0.6) is 0 Å². The first-order valence-electron chi connectivity index (χ1n) is 9.05. The SMILES string of the molecule is CCC1CCC(NCc2ccn(C3CCCCC3)n2)C1C. The van der Waals surface area contributed by atoms with Gasteiger partial charge in [-0.1, -0.05) is 39.5 Å². The average Bonchev–Trinajstić information content (AvgIpc) is 3.13. The highest BCUT2D eigenvalue weighted by Gasteiger charge is 2.31. The van der Waals surface area contributed by atoms with Gasteiger partial charge in [-0.15, -0.1) is 0 Å². The first-order valence-corrected chi connectivity index (χ1v) is 9.05. The smallest absolute Gasteiger partial charge is 0.0762 e. The predicted octanol–water partition coefficient (Wildman–Crippen LogP) is 4.30. The summed E-state index contributed by atoms with van der Waals surface area (Å²) in [4.78, 5) is 0. The molecule has 3 atom stereocenters. The largest absolute Gasteiger partial charge is 0.308 e. The normalized spacial score (nSPS) is 30.9. The Labute approximate surface area is 129 Å². The molecular weight excluding hydrogens is 258 g/mol. The predicted molar refractivity (Wildman–Crippen MR) is 87.2 cm³/mol. The minimum absolute atomic E-state index is 0.655. The molecule has 3 unspecified atom stereocenters. The van der Waals surface area contributed by atoms with Gasteiger partial charge in [0.05, 0.1) is 11.7 Å². The Morgan fingerprint density at radius 3 is 2.71 bits per heavy atom. The van der Waals surface area contributed by atoms with Gasteiger partial charge in [0.1, 0.15) is 0 Å². The van der Waals surface area contributed by atoms with Gasteiger partial charge in [-0.25, -0.2) is 0 Å². The van der Waals surface area contributed by atoms with Crippen molar-refractivity contribution in [2.75, 3.05) is 0 Å². The molecule has 3 heteroatoms. The fourth-order valence-electron chi connectivity index (χ4n) is 4.37. The molecule has 1 heterocycles. The molecule has 1 aromatic rings. The first-order chi connectivity index (χ1) is 10.3. The van der Waals surface area contributed by atoms with E-state index >= 15 is 0 Å². The lowest BCUT2D eigenvalue weighted by atomic mass is 9.93. The van der Waals surface area contributed by atoms with Crippen LogP contribution in [0.25, 0.3) is 0 Å². The maximum Gasteiger partial charge on any atom is 0.0762 e. The van der Waals surface area contributed by atoms with Crippen molar-refractivity contribution in [2.24, 2.45) is 11.8 Å². The number of aromatic nitrogens is 2. The molecule has 0 aromatic carbocycles. The van der Waals surface area contributed by atoms with Crippen LogP contribution in [0, 0.1) is 11.8 Å². The van der Waals surface area contributed by atoms with Gasteiger partial charge in [-0.2, -0.15) is 5.10 Å². The molecule has 0 aliphatic heterocycles. The van der Waals surface area contributed by atoms with E-state index in [1.807, 2.05) is 0 Å². The Bertz CT molecular complexity index is 433. The zero-order valence-electron chi connectivity index (χ0n) is 13.7. The maximum atomic E-state index is 4.81. The van der Waals surface area contributed by atoms with Crippen LogP contribution in [0.4, 0.5) is 0 Å². The van der Waals surface area contributed by atoms with Crippen LogP contribution in [0.3, 0.4) is 0 Å². The van der Waals surface area contributed by atoms with E-state index in [0.29, 0.717) is 12.1 Å². The minimum atomic E-state index is 0.655. The van der Waals surface area contributed by atoms with E-state index in [1.165, 1.54) is 57.1 Å². The molecule has 0 amide bonds. The van der Waals surface area contributed by atoms with Gasteiger partial charge in [0.2, 0.25) is 0 Å². The van der Waals surface area contributed by atoms with Gasteiger partial charge in [0, 0.05) is 18.8 Å². The zero-order chi connectivity index (χ0) is 14.7. The van der Waals surface area contributed by atoms with Crippen molar-refractivity contribution in [1.29, 1.82) is 0 Å². The molecule has 2 aliphatic carbocycles. The molecule has 21 heavy (non-hydrogen) atoms. The molecule has 3 rings (SSSR count). The number of rotatable bonds is 5. The summed E-state index contributed by atoms with van der Waals surface area (Å²) in [6.45, 7) is 5.68. The zero-order valence-corrected chi connectivity index (χ0v) is 13.7. The third kappa shape index (κ3) is 3.50. The number of hydrogen-bond donors (Lipinski definition) is 1. The summed E-state index contributed by atoms with van der Waals surface area (Å²) in [5.41, 5.74) is 1.22. The van der Waals surface area contributed by atoms with Gasteiger partial charge in [-0.3, -0.25) is 4.68 Å². The molecule has 118 valence electrons. The molecule has 1 aromatic heterocycles. The summed E-state index contributed by atoms with van der Waals surface area (Å²) in [5, 5.41) is 8.57. The monoisotopic (exact) mass is 289 g/mol. The molecule has 3 nitrogen and oxygen atoms in total. The molecule has 0 bridgehead atoms. The van der Waals surface area contributed by atoms with Crippen LogP contribution in [0.1, 0.15) is 76.9 Å². The van der Waals surface area contributed by atoms with Crippen LogP contribution in [0.15, 0.2) is 12.3 Å². The quantitative estimate of drug-likeness (QED) is 0.875. The summed E-state index contributed by atoms with van der Waals surface area (Å²) >= 11 is 0. The summed E-state index contributed by atoms with van der Waals surface area (Å²) < 4.78 is 2.23. The van der Waals surface area contributed by atoms with Crippen molar-refractivity contribution < 1.29 is 0 Å². The summed E-state index contributed by atoms with van der Waals surface area (Å²) in [7, 11) is 0. The Morgan fingerprint density at radius 1 is 1.19 bits per heavy atom. The van der Waals surface area contributed by atoms with E-state index in [2.05, 4.69) is 36.1 Å². The Hall–Kier alpha value is -0.830. The molecular formula is C18H31N3. The van der Waals surface area contributed by atoms with E-state index in [1.54, 1.807) is 0 Å². The molecule has 0 saturated heterocycles. The Morgan fingerprint density at radius 2 is 2.00 bits per heavy atom. The molecule has 2 aliphatic rings. The highest BCUT2D eigenvalue weighted by molar-refractivity contribution is 5.01. The van der Waals surface area contributed by atoms with E-state index in [9.17, 15) is 0 Å². The van der Waals surface area contributed by atoms with Crippen LogP contribution < -0.4 is 5.32 Å². The van der Waals surface area contributed by atoms with Crippen molar-refractivity contribution in [3.05, 3.63) is 18.0 Å². The fraction of sp³-hybridized carbons (Fsp3) is 0.833. The average molecular weight is 289 g/mol. The lowest BCUT2D eigenvalue weighted by Gasteiger charge is -2.22. The number of nitrogens with one attached hydrogen (secondary N) is 1. The molecule has 1 N–H and O–H groups in total. The fourth-order valence-corrected chi connectivity index (χ4v) is 4.37. The minimum Gasteiger partial charge on any atom is -0.308 e. The number of nitrogens with zero attached hydrogens (tertiary/aromatic N) is 2. The highest BCUT2D eigenvalue weighted by Crippen LogP contribution is 2.34. The second kappa shape index (κ2) is 6.95. The van der Waals surface area contributed by atoms with Gasteiger partial charge < -0.3 is 5.32 Å².